The molecule has 4 aromatic heterocycles. The summed E-state index contributed by atoms with van der Waals surface area (Å²) in [6, 6.07) is 43.0. The Morgan fingerprint density at radius 3 is 2.07 bits per heavy atom. The molecule has 0 aliphatic heterocycles. The molecule has 6 aromatic carbocycles. The van der Waals surface area contributed by atoms with Gasteiger partial charge in [-0.3, -0.25) is 4.98 Å². The summed E-state index contributed by atoms with van der Waals surface area (Å²) in [7, 11) is 0. The number of para-hydroxylation sites is 1. The maximum Gasteiger partial charge on any atom is 0.164 e. The predicted molar refractivity (Wildman–Crippen MR) is 183 cm³/mol. The fourth-order valence-corrected chi connectivity index (χ4v) is 6.56. The highest BCUT2D eigenvalue weighted by molar-refractivity contribution is 6.17. The van der Waals surface area contributed by atoms with Crippen molar-refractivity contribution >= 4 is 65.6 Å². The highest BCUT2D eigenvalue weighted by Gasteiger charge is 2.20. The van der Waals surface area contributed by atoms with Gasteiger partial charge in [-0.1, -0.05) is 84.9 Å². The van der Waals surface area contributed by atoms with Crippen LogP contribution in [0.4, 0.5) is 0 Å². The monoisotopic (exact) mass is 590 g/mol. The molecule has 0 N–H and O–H groups in total. The first-order valence-electron chi connectivity index (χ1n) is 15.1. The Hall–Kier alpha value is -6.40. The third-order valence-electron chi connectivity index (χ3n) is 8.76. The second-order valence-electron chi connectivity index (χ2n) is 11.5. The third-order valence-corrected chi connectivity index (χ3v) is 8.76. The van der Waals surface area contributed by atoms with E-state index in [4.69, 9.17) is 23.8 Å². The Morgan fingerprint density at radius 1 is 0.435 bits per heavy atom. The molecule has 0 unspecified atom stereocenters. The maximum absolute atomic E-state index is 6.44. The van der Waals surface area contributed by atoms with E-state index in [1.807, 2.05) is 66.7 Å². The zero-order valence-corrected chi connectivity index (χ0v) is 24.3. The van der Waals surface area contributed by atoms with Gasteiger partial charge in [0.05, 0.1) is 0 Å². The van der Waals surface area contributed by atoms with Gasteiger partial charge < -0.3 is 8.83 Å². The zero-order valence-electron chi connectivity index (χ0n) is 24.3. The largest absolute Gasteiger partial charge is 0.456 e. The van der Waals surface area contributed by atoms with Crippen molar-refractivity contribution in [2.45, 2.75) is 0 Å². The number of benzene rings is 6. The van der Waals surface area contributed by atoms with E-state index in [0.29, 0.717) is 17.5 Å². The van der Waals surface area contributed by atoms with Crippen LogP contribution >= 0.6 is 0 Å². The molecule has 46 heavy (non-hydrogen) atoms. The van der Waals surface area contributed by atoms with Crippen molar-refractivity contribution in [2.75, 3.05) is 0 Å². The molecule has 0 amide bonds. The molecule has 6 nitrogen and oxygen atoms in total. The number of furan rings is 2. The lowest BCUT2D eigenvalue weighted by molar-refractivity contribution is 0.669. The summed E-state index contributed by atoms with van der Waals surface area (Å²) in [5.74, 6) is 1.71. The Kier molecular flexibility index (Phi) is 5.19. The average Bonchev–Trinajstić information content (AvgIpc) is 3.69. The first kappa shape index (κ1) is 25.0. The SMILES string of the molecule is c1ccc2cc(-c3nc(-c4ccc5c(c4)oc4ccccc45)nc(-c4cccc5oc6c(ccc7cccnc76)c45)n3)ccc2c1. The molecule has 6 heteroatoms. The topological polar surface area (TPSA) is 77.8 Å². The minimum absolute atomic E-state index is 0.562. The van der Waals surface area contributed by atoms with Crippen molar-refractivity contribution in [2.24, 2.45) is 0 Å². The summed E-state index contributed by atoms with van der Waals surface area (Å²) in [4.78, 5) is 19.9. The van der Waals surface area contributed by atoms with E-state index < -0.39 is 0 Å². The van der Waals surface area contributed by atoms with Gasteiger partial charge in [-0.15, -0.1) is 0 Å². The quantitative estimate of drug-likeness (QED) is 0.204. The molecule has 0 atom stereocenters. The van der Waals surface area contributed by atoms with E-state index in [9.17, 15) is 0 Å². The van der Waals surface area contributed by atoms with E-state index >= 15 is 0 Å². The summed E-state index contributed by atoms with van der Waals surface area (Å²) < 4.78 is 12.7. The smallest absolute Gasteiger partial charge is 0.164 e. The first-order chi connectivity index (χ1) is 22.8. The molecular weight excluding hydrogens is 568 g/mol. The number of nitrogens with zero attached hydrogens (tertiary/aromatic N) is 4. The van der Waals surface area contributed by atoms with Gasteiger partial charge in [0, 0.05) is 49.8 Å². The van der Waals surface area contributed by atoms with Crippen LogP contribution in [0.1, 0.15) is 0 Å². The Morgan fingerprint density at radius 2 is 1.13 bits per heavy atom. The van der Waals surface area contributed by atoms with E-state index in [1.165, 1.54) is 0 Å². The van der Waals surface area contributed by atoms with Gasteiger partial charge >= 0.3 is 0 Å². The summed E-state index contributed by atoms with van der Waals surface area (Å²) in [6.45, 7) is 0. The van der Waals surface area contributed by atoms with Crippen molar-refractivity contribution < 1.29 is 8.83 Å². The van der Waals surface area contributed by atoms with Gasteiger partial charge in [-0.2, -0.15) is 0 Å². The van der Waals surface area contributed by atoms with Crippen LogP contribution in [0.3, 0.4) is 0 Å². The fraction of sp³-hybridized carbons (Fsp3) is 0. The van der Waals surface area contributed by atoms with Crippen LogP contribution in [0.2, 0.25) is 0 Å². The van der Waals surface area contributed by atoms with Crippen LogP contribution in [0.25, 0.3) is 99.7 Å². The minimum Gasteiger partial charge on any atom is -0.456 e. The third kappa shape index (κ3) is 3.77. The summed E-state index contributed by atoms with van der Waals surface area (Å²) in [5, 5.41) is 7.35. The highest BCUT2D eigenvalue weighted by Crippen LogP contribution is 2.39. The standard InChI is InChI=1S/C40H22N4O2/c1-2-8-25-21-26(15-14-23(25)7-1)38-42-39(27-17-18-29-28-10-3-4-12-32(28)45-34(29)22-27)44-40(43-38)31-11-5-13-33-35(31)30-19-16-24-9-6-20-41-36(24)37(30)46-33/h1-22H. The lowest BCUT2D eigenvalue weighted by Gasteiger charge is -2.10. The van der Waals surface area contributed by atoms with Crippen molar-refractivity contribution in [1.29, 1.82) is 0 Å². The molecule has 0 aliphatic rings. The van der Waals surface area contributed by atoms with E-state index in [1.54, 1.807) is 6.20 Å². The van der Waals surface area contributed by atoms with E-state index in [2.05, 4.69) is 65.6 Å². The van der Waals surface area contributed by atoms with Gasteiger partial charge in [0.25, 0.3) is 0 Å². The van der Waals surface area contributed by atoms with Gasteiger partial charge in [0.2, 0.25) is 0 Å². The maximum atomic E-state index is 6.44. The molecular formula is C40H22N4O2. The molecule has 0 spiro atoms. The Labute approximate surface area is 261 Å². The van der Waals surface area contributed by atoms with Crippen molar-refractivity contribution in [3.8, 4) is 34.2 Å². The number of hydrogen-bond donors (Lipinski definition) is 0. The van der Waals surface area contributed by atoms with E-state index in [0.717, 1.165) is 82.2 Å². The van der Waals surface area contributed by atoms with Crippen molar-refractivity contribution in [3.05, 3.63) is 134 Å². The number of aromatic nitrogens is 4. The van der Waals surface area contributed by atoms with Crippen LogP contribution in [0, 0.1) is 0 Å². The van der Waals surface area contributed by atoms with Crippen LogP contribution < -0.4 is 0 Å². The summed E-state index contributed by atoms with van der Waals surface area (Å²) in [5.41, 5.74) is 6.59. The van der Waals surface area contributed by atoms with Crippen LogP contribution in [-0.4, -0.2) is 19.9 Å². The Balaban J connectivity index is 1.24. The number of hydrogen-bond acceptors (Lipinski definition) is 6. The van der Waals surface area contributed by atoms with Crippen LogP contribution in [-0.2, 0) is 0 Å². The first-order valence-corrected chi connectivity index (χ1v) is 15.1. The second kappa shape index (κ2) is 9.55. The minimum atomic E-state index is 0.562. The molecule has 0 radical (unpaired) electrons. The molecule has 10 aromatic rings. The molecule has 0 saturated heterocycles. The predicted octanol–water partition coefficient (Wildman–Crippen LogP) is 10.4. The second-order valence-corrected chi connectivity index (χ2v) is 11.5. The fourth-order valence-electron chi connectivity index (χ4n) is 6.56. The van der Waals surface area contributed by atoms with Crippen molar-refractivity contribution in [3.63, 3.8) is 0 Å². The molecule has 10 rings (SSSR count). The zero-order chi connectivity index (χ0) is 30.2. The summed E-state index contributed by atoms with van der Waals surface area (Å²) in [6.07, 6.45) is 1.79. The number of fused-ring (bicyclic) bond motifs is 9. The van der Waals surface area contributed by atoms with E-state index in [-0.39, 0.29) is 0 Å². The number of rotatable bonds is 3. The Bertz CT molecular complexity index is 2830. The van der Waals surface area contributed by atoms with Crippen LogP contribution in [0.15, 0.2) is 142 Å². The van der Waals surface area contributed by atoms with Gasteiger partial charge in [0.1, 0.15) is 22.3 Å². The van der Waals surface area contributed by atoms with Gasteiger partial charge in [0.15, 0.2) is 23.1 Å². The lowest BCUT2D eigenvalue weighted by Crippen LogP contribution is -2.00. The molecule has 0 fully saturated rings. The average molecular weight is 591 g/mol. The normalized spacial score (nSPS) is 11.9. The molecule has 0 saturated carbocycles. The molecule has 4 heterocycles. The number of pyridine rings is 1. The van der Waals surface area contributed by atoms with Crippen LogP contribution in [0.5, 0.6) is 0 Å². The summed E-state index contributed by atoms with van der Waals surface area (Å²) >= 11 is 0. The molecule has 214 valence electrons. The molecule has 0 bridgehead atoms. The van der Waals surface area contributed by atoms with Gasteiger partial charge in [-0.05, 0) is 53.2 Å². The highest BCUT2D eigenvalue weighted by atomic mass is 16.3. The molecule has 0 aliphatic carbocycles. The van der Waals surface area contributed by atoms with Crippen molar-refractivity contribution in [1.82, 2.24) is 19.9 Å². The van der Waals surface area contributed by atoms with Gasteiger partial charge in [-0.25, -0.2) is 15.0 Å². The lowest BCUT2D eigenvalue weighted by atomic mass is 10.0.